The van der Waals surface area contributed by atoms with Gasteiger partial charge in [-0.3, -0.25) is 0 Å². The number of ether oxygens (including phenoxy) is 1. The molecule has 0 fully saturated rings. The summed E-state index contributed by atoms with van der Waals surface area (Å²) >= 11 is 0. The Hall–Kier alpha value is -1.26. The third kappa shape index (κ3) is 10.2. The van der Waals surface area contributed by atoms with Gasteiger partial charge in [0.1, 0.15) is 6.61 Å². The minimum atomic E-state index is -0.297. The molecule has 0 heterocycles. The van der Waals surface area contributed by atoms with Gasteiger partial charge in [-0.25, -0.2) is 4.79 Å². The minimum Gasteiger partial charge on any atom is -0.461 e. The Balaban J connectivity index is 0.00000484. The number of benzene rings is 1. The number of esters is 1. The van der Waals surface area contributed by atoms with Gasteiger partial charge in [-0.05, 0) is 37.6 Å². The third-order valence-electron chi connectivity index (χ3n) is 3.72. The molecule has 1 aromatic carbocycles. The number of anilines is 1. The lowest BCUT2D eigenvalue weighted by molar-refractivity contribution is 0.0506. The second-order valence-electron chi connectivity index (χ2n) is 5.82. The Morgan fingerprint density at radius 1 is 1.17 bits per heavy atom. The fraction of sp³-hybridized carbons (Fsp3) is 0.611. The molecule has 0 bridgehead atoms. The van der Waals surface area contributed by atoms with Crippen molar-refractivity contribution in [2.75, 3.05) is 18.9 Å². The van der Waals surface area contributed by atoms with Crippen molar-refractivity contribution in [3.05, 3.63) is 29.8 Å². The highest BCUT2D eigenvalue weighted by Crippen LogP contribution is 2.08. The van der Waals surface area contributed by atoms with Gasteiger partial charge in [-0.15, -0.1) is 12.4 Å². The Morgan fingerprint density at radius 3 is 2.48 bits per heavy atom. The van der Waals surface area contributed by atoms with E-state index in [4.69, 9.17) is 10.5 Å². The Bertz CT molecular complexity index is 424. The first-order chi connectivity index (χ1) is 10.6. The number of nitrogen functional groups attached to an aromatic ring is 1. The maximum absolute atomic E-state index is 11.8. The lowest BCUT2D eigenvalue weighted by Crippen LogP contribution is -2.30. The number of hydrogen-bond donors (Lipinski definition) is 2. The van der Waals surface area contributed by atoms with Gasteiger partial charge >= 0.3 is 5.97 Å². The number of carbonyl (C=O) groups is 1. The maximum Gasteiger partial charge on any atom is 0.338 e. The second-order valence-corrected chi connectivity index (χ2v) is 5.82. The minimum absolute atomic E-state index is 0. The molecule has 0 aliphatic rings. The molecule has 0 amide bonds. The summed E-state index contributed by atoms with van der Waals surface area (Å²) in [6.45, 7) is 5.50. The molecule has 5 heteroatoms. The first-order valence-corrected chi connectivity index (χ1v) is 8.39. The average Bonchev–Trinajstić information content (AvgIpc) is 2.52. The Labute approximate surface area is 146 Å². The topological polar surface area (TPSA) is 64.3 Å². The van der Waals surface area contributed by atoms with Crippen LogP contribution in [-0.4, -0.2) is 25.2 Å². The number of nitrogens with one attached hydrogen (secondary N) is 1. The van der Waals surface area contributed by atoms with E-state index in [1.54, 1.807) is 24.3 Å². The lowest BCUT2D eigenvalue weighted by Gasteiger charge is -2.13. The van der Waals surface area contributed by atoms with Gasteiger partial charge in [-0.1, -0.05) is 39.0 Å². The normalized spacial score (nSPS) is 11.6. The van der Waals surface area contributed by atoms with Crippen LogP contribution in [0, 0.1) is 0 Å². The zero-order chi connectivity index (χ0) is 16.2. The Kier molecular flexibility index (Phi) is 12.5. The molecule has 3 N–H and O–H groups in total. The summed E-state index contributed by atoms with van der Waals surface area (Å²) in [7, 11) is 0. The molecule has 23 heavy (non-hydrogen) atoms. The quantitative estimate of drug-likeness (QED) is 0.359. The molecule has 0 aliphatic carbocycles. The summed E-state index contributed by atoms with van der Waals surface area (Å²) in [4.78, 5) is 11.8. The molecule has 132 valence electrons. The lowest BCUT2D eigenvalue weighted by atomic mass is 10.1. The van der Waals surface area contributed by atoms with Crippen LogP contribution in [0.25, 0.3) is 0 Å². The average molecular weight is 343 g/mol. The highest BCUT2D eigenvalue weighted by atomic mass is 35.5. The summed E-state index contributed by atoms with van der Waals surface area (Å²) in [6.07, 6.45) is 7.71. The van der Waals surface area contributed by atoms with E-state index in [1.807, 2.05) is 0 Å². The number of halogens is 1. The van der Waals surface area contributed by atoms with E-state index in [0.717, 1.165) is 0 Å². The molecule has 1 aromatic rings. The second kappa shape index (κ2) is 13.2. The van der Waals surface area contributed by atoms with Crippen LogP contribution in [0.5, 0.6) is 0 Å². The van der Waals surface area contributed by atoms with Crippen LogP contribution < -0.4 is 11.1 Å². The Morgan fingerprint density at radius 2 is 1.83 bits per heavy atom. The summed E-state index contributed by atoms with van der Waals surface area (Å²) in [5, 5.41) is 3.39. The van der Waals surface area contributed by atoms with Crippen molar-refractivity contribution in [3.63, 3.8) is 0 Å². The van der Waals surface area contributed by atoms with Gasteiger partial charge < -0.3 is 15.8 Å². The van der Waals surface area contributed by atoms with Crippen molar-refractivity contribution in [2.45, 2.75) is 58.4 Å². The molecule has 1 unspecified atom stereocenters. The standard InChI is InChI=1S/C18H30N2O2.ClH/c1-3-4-5-6-7-8-15(2)20-13-14-22-18(21)16-9-11-17(19)12-10-16;/h9-12,15,20H,3-8,13-14,19H2,1-2H3;1H. The predicted octanol–water partition coefficient (Wildman–Crippen LogP) is 4.19. The highest BCUT2D eigenvalue weighted by Gasteiger charge is 2.07. The van der Waals surface area contributed by atoms with Crippen LogP contribution >= 0.6 is 12.4 Å². The predicted molar refractivity (Wildman–Crippen MR) is 99.2 cm³/mol. The summed E-state index contributed by atoms with van der Waals surface area (Å²) < 4.78 is 5.23. The van der Waals surface area contributed by atoms with Gasteiger partial charge in [0, 0.05) is 18.3 Å². The molecule has 0 aromatic heterocycles. The van der Waals surface area contributed by atoms with Crippen molar-refractivity contribution in [2.24, 2.45) is 0 Å². The number of carbonyl (C=O) groups excluding carboxylic acids is 1. The molecule has 4 nitrogen and oxygen atoms in total. The smallest absolute Gasteiger partial charge is 0.338 e. The van der Waals surface area contributed by atoms with Crippen LogP contribution in [0.15, 0.2) is 24.3 Å². The van der Waals surface area contributed by atoms with E-state index in [0.29, 0.717) is 30.4 Å². The van der Waals surface area contributed by atoms with Gasteiger partial charge in [0.25, 0.3) is 0 Å². The van der Waals surface area contributed by atoms with E-state index in [-0.39, 0.29) is 18.4 Å². The summed E-state index contributed by atoms with van der Waals surface area (Å²) in [6, 6.07) is 7.25. The maximum atomic E-state index is 11.8. The molecular weight excluding hydrogens is 312 g/mol. The number of nitrogens with two attached hydrogens (primary N) is 1. The highest BCUT2D eigenvalue weighted by molar-refractivity contribution is 5.89. The van der Waals surface area contributed by atoms with E-state index in [9.17, 15) is 4.79 Å². The van der Waals surface area contributed by atoms with Crippen molar-refractivity contribution in [3.8, 4) is 0 Å². The summed E-state index contributed by atoms with van der Waals surface area (Å²) in [5.41, 5.74) is 6.77. The number of rotatable bonds is 11. The van der Waals surface area contributed by atoms with Gasteiger partial charge in [0.2, 0.25) is 0 Å². The van der Waals surface area contributed by atoms with Crippen molar-refractivity contribution < 1.29 is 9.53 Å². The van der Waals surface area contributed by atoms with Gasteiger partial charge in [0.15, 0.2) is 0 Å². The van der Waals surface area contributed by atoms with Crippen LogP contribution in [-0.2, 0) is 4.74 Å². The number of unbranched alkanes of at least 4 members (excludes halogenated alkanes) is 4. The zero-order valence-electron chi connectivity index (χ0n) is 14.3. The molecule has 0 radical (unpaired) electrons. The fourth-order valence-electron chi connectivity index (χ4n) is 2.31. The molecule has 0 saturated heterocycles. The number of hydrogen-bond acceptors (Lipinski definition) is 4. The van der Waals surface area contributed by atoms with Crippen LogP contribution in [0.1, 0.15) is 62.7 Å². The van der Waals surface area contributed by atoms with Gasteiger partial charge in [-0.2, -0.15) is 0 Å². The fourth-order valence-corrected chi connectivity index (χ4v) is 2.31. The third-order valence-corrected chi connectivity index (χ3v) is 3.72. The van der Waals surface area contributed by atoms with Crippen molar-refractivity contribution in [1.82, 2.24) is 5.32 Å². The molecule has 1 rings (SSSR count). The SMILES string of the molecule is CCCCCCCC(C)NCCOC(=O)c1ccc(N)cc1.Cl. The van der Waals surface area contributed by atoms with Crippen LogP contribution in [0.4, 0.5) is 5.69 Å². The molecular formula is C18H31ClN2O2. The van der Waals surface area contributed by atoms with E-state index in [2.05, 4.69) is 19.2 Å². The van der Waals surface area contributed by atoms with Crippen molar-refractivity contribution in [1.29, 1.82) is 0 Å². The van der Waals surface area contributed by atoms with Crippen molar-refractivity contribution >= 4 is 24.1 Å². The van der Waals surface area contributed by atoms with Crippen LogP contribution in [0.3, 0.4) is 0 Å². The first-order valence-electron chi connectivity index (χ1n) is 8.39. The molecule has 0 saturated carbocycles. The van der Waals surface area contributed by atoms with E-state index >= 15 is 0 Å². The summed E-state index contributed by atoms with van der Waals surface area (Å²) in [5.74, 6) is -0.297. The monoisotopic (exact) mass is 342 g/mol. The van der Waals surface area contributed by atoms with E-state index in [1.165, 1.54) is 38.5 Å². The molecule has 0 aliphatic heterocycles. The van der Waals surface area contributed by atoms with Crippen LogP contribution in [0.2, 0.25) is 0 Å². The van der Waals surface area contributed by atoms with E-state index < -0.39 is 0 Å². The largest absolute Gasteiger partial charge is 0.461 e. The van der Waals surface area contributed by atoms with Gasteiger partial charge in [0.05, 0.1) is 5.56 Å². The molecule has 1 atom stereocenters. The molecule has 0 spiro atoms. The zero-order valence-corrected chi connectivity index (χ0v) is 15.2. The first kappa shape index (κ1) is 21.7.